The van der Waals surface area contributed by atoms with Crippen molar-refractivity contribution < 1.29 is 24.5 Å². The Labute approximate surface area is 137 Å². The van der Waals surface area contributed by atoms with Crippen LogP contribution in [0.15, 0.2) is 60.7 Å². The van der Waals surface area contributed by atoms with E-state index >= 15 is 0 Å². The van der Waals surface area contributed by atoms with Crippen LogP contribution in [0.5, 0.6) is 11.5 Å². The van der Waals surface area contributed by atoms with Crippen LogP contribution in [0, 0.1) is 0 Å². The summed E-state index contributed by atoms with van der Waals surface area (Å²) in [6.07, 6.45) is -0.205. The van der Waals surface area contributed by atoms with E-state index in [1.54, 1.807) is 42.5 Å². The van der Waals surface area contributed by atoms with Crippen LogP contribution in [0.25, 0.3) is 10.8 Å². The molecule has 0 saturated carbocycles. The van der Waals surface area contributed by atoms with Gasteiger partial charge in [0.05, 0.1) is 6.42 Å². The van der Waals surface area contributed by atoms with Gasteiger partial charge in [-0.15, -0.1) is 0 Å². The topological polar surface area (TPSA) is 83.8 Å². The number of hydrogen-bond donors (Lipinski definition) is 2. The molecule has 24 heavy (non-hydrogen) atoms. The van der Waals surface area contributed by atoms with E-state index in [1.165, 1.54) is 6.07 Å². The Morgan fingerprint density at radius 3 is 2.33 bits per heavy atom. The first-order valence-corrected chi connectivity index (χ1v) is 7.29. The number of benzene rings is 3. The van der Waals surface area contributed by atoms with Crippen molar-refractivity contribution in [1.82, 2.24) is 0 Å². The van der Waals surface area contributed by atoms with Crippen LogP contribution in [0.3, 0.4) is 0 Å². The molecule has 0 unspecified atom stereocenters. The zero-order valence-electron chi connectivity index (χ0n) is 12.6. The van der Waals surface area contributed by atoms with Crippen molar-refractivity contribution in [3.63, 3.8) is 0 Å². The zero-order valence-corrected chi connectivity index (χ0v) is 12.6. The molecule has 0 aliphatic heterocycles. The predicted molar refractivity (Wildman–Crippen MR) is 88.8 cm³/mol. The second kappa shape index (κ2) is 6.42. The molecular weight excluding hydrogens is 308 g/mol. The highest BCUT2D eigenvalue weighted by molar-refractivity contribution is 6.00. The van der Waals surface area contributed by atoms with Gasteiger partial charge < -0.3 is 14.9 Å². The Hall–Kier alpha value is -3.34. The van der Waals surface area contributed by atoms with Gasteiger partial charge in [-0.25, -0.2) is 4.79 Å². The second-order valence-corrected chi connectivity index (χ2v) is 5.25. The van der Waals surface area contributed by atoms with E-state index in [4.69, 9.17) is 9.84 Å². The monoisotopic (exact) mass is 322 g/mol. The first-order valence-electron chi connectivity index (χ1n) is 7.29. The molecule has 0 saturated heterocycles. The summed E-state index contributed by atoms with van der Waals surface area (Å²) in [7, 11) is 0. The number of rotatable bonds is 5. The van der Waals surface area contributed by atoms with Gasteiger partial charge in [0.2, 0.25) is 0 Å². The normalized spacial score (nSPS) is 10.5. The third-order valence-corrected chi connectivity index (χ3v) is 3.64. The van der Waals surface area contributed by atoms with Crippen LogP contribution >= 0.6 is 0 Å². The van der Waals surface area contributed by atoms with Crippen LogP contribution in [0.4, 0.5) is 0 Å². The van der Waals surface area contributed by atoms with E-state index in [0.29, 0.717) is 16.7 Å². The van der Waals surface area contributed by atoms with Crippen molar-refractivity contribution in [2.24, 2.45) is 0 Å². The highest BCUT2D eigenvalue weighted by Gasteiger charge is 2.17. The number of fused-ring (bicyclic) bond motifs is 1. The van der Waals surface area contributed by atoms with Gasteiger partial charge in [-0.1, -0.05) is 48.5 Å². The molecule has 0 aliphatic carbocycles. The van der Waals surface area contributed by atoms with Crippen LogP contribution in [-0.4, -0.2) is 22.2 Å². The summed E-state index contributed by atoms with van der Waals surface area (Å²) >= 11 is 0. The minimum Gasteiger partial charge on any atom is -0.481 e. The third kappa shape index (κ3) is 3.05. The van der Waals surface area contributed by atoms with Gasteiger partial charge in [0.1, 0.15) is 17.1 Å². The van der Waals surface area contributed by atoms with E-state index in [9.17, 15) is 14.7 Å². The predicted octanol–water partition coefficient (Wildman–Crippen LogP) is 3.96. The molecule has 3 aromatic rings. The zero-order chi connectivity index (χ0) is 17.1. The summed E-state index contributed by atoms with van der Waals surface area (Å²) in [5.41, 5.74) is 0.508. The average Bonchev–Trinajstić information content (AvgIpc) is 2.56. The van der Waals surface area contributed by atoms with E-state index in [0.717, 1.165) is 5.39 Å². The summed E-state index contributed by atoms with van der Waals surface area (Å²) < 4.78 is 5.87. The fraction of sp³-hybridized carbons (Fsp3) is 0.0526. The molecule has 3 aromatic carbocycles. The Morgan fingerprint density at radius 1 is 0.875 bits per heavy atom. The lowest BCUT2D eigenvalue weighted by Crippen LogP contribution is -2.04. The molecule has 0 radical (unpaired) electrons. The van der Waals surface area contributed by atoms with Crippen molar-refractivity contribution >= 4 is 22.7 Å². The molecule has 0 aromatic heterocycles. The maximum Gasteiger partial charge on any atom is 0.339 e. The lowest BCUT2D eigenvalue weighted by Gasteiger charge is -2.14. The minimum atomic E-state index is -1.11. The molecule has 120 valence electrons. The van der Waals surface area contributed by atoms with Gasteiger partial charge in [0.25, 0.3) is 0 Å². The molecule has 0 aliphatic rings. The van der Waals surface area contributed by atoms with E-state index in [1.807, 2.05) is 12.1 Å². The van der Waals surface area contributed by atoms with Gasteiger partial charge in [-0.05, 0) is 17.5 Å². The number of aromatic carboxylic acids is 1. The van der Waals surface area contributed by atoms with E-state index in [2.05, 4.69) is 0 Å². The summed E-state index contributed by atoms with van der Waals surface area (Å²) in [5.74, 6) is -1.55. The highest BCUT2D eigenvalue weighted by atomic mass is 16.5. The van der Waals surface area contributed by atoms with Gasteiger partial charge in [-0.2, -0.15) is 0 Å². The molecule has 0 bridgehead atoms. The number of hydrogen-bond acceptors (Lipinski definition) is 3. The third-order valence-electron chi connectivity index (χ3n) is 3.64. The minimum absolute atomic E-state index is 0.0267. The first-order chi connectivity index (χ1) is 11.6. The summed E-state index contributed by atoms with van der Waals surface area (Å²) in [5, 5.41) is 20.0. The van der Waals surface area contributed by atoms with Gasteiger partial charge >= 0.3 is 11.9 Å². The lowest BCUT2D eigenvalue weighted by molar-refractivity contribution is -0.136. The van der Waals surface area contributed by atoms with Crippen molar-refractivity contribution in [3.8, 4) is 11.5 Å². The Morgan fingerprint density at radius 2 is 1.58 bits per heavy atom. The maximum absolute atomic E-state index is 11.5. The smallest absolute Gasteiger partial charge is 0.339 e. The van der Waals surface area contributed by atoms with Crippen molar-refractivity contribution in [1.29, 1.82) is 0 Å². The largest absolute Gasteiger partial charge is 0.481 e. The molecule has 2 N–H and O–H groups in total. The fourth-order valence-corrected chi connectivity index (χ4v) is 2.54. The Balaban J connectivity index is 2.15. The summed E-state index contributed by atoms with van der Waals surface area (Å²) in [6.45, 7) is 0. The van der Waals surface area contributed by atoms with E-state index < -0.39 is 11.9 Å². The molecule has 5 heteroatoms. The maximum atomic E-state index is 11.5. The molecule has 3 rings (SSSR count). The van der Waals surface area contributed by atoms with Gasteiger partial charge in [0.15, 0.2) is 0 Å². The molecule has 0 amide bonds. The quantitative estimate of drug-likeness (QED) is 0.743. The van der Waals surface area contributed by atoms with Crippen LogP contribution in [-0.2, 0) is 11.2 Å². The number of para-hydroxylation sites is 1. The van der Waals surface area contributed by atoms with Crippen LogP contribution in [0.2, 0.25) is 0 Å². The number of carboxylic acid groups (broad SMARTS) is 2. The van der Waals surface area contributed by atoms with Crippen molar-refractivity contribution in [3.05, 3.63) is 71.8 Å². The number of carboxylic acids is 2. The highest BCUT2D eigenvalue weighted by Crippen LogP contribution is 2.35. The molecule has 0 heterocycles. The molecule has 0 atom stereocenters. The molecule has 5 nitrogen and oxygen atoms in total. The van der Waals surface area contributed by atoms with Crippen molar-refractivity contribution in [2.75, 3.05) is 0 Å². The van der Waals surface area contributed by atoms with E-state index in [-0.39, 0.29) is 17.7 Å². The summed E-state index contributed by atoms with van der Waals surface area (Å²) in [6, 6.07) is 17.2. The second-order valence-electron chi connectivity index (χ2n) is 5.25. The molecule has 0 spiro atoms. The number of carbonyl (C=O) groups is 2. The first kappa shape index (κ1) is 15.6. The van der Waals surface area contributed by atoms with Gasteiger partial charge in [0, 0.05) is 10.9 Å². The number of aliphatic carboxylic acids is 1. The Kier molecular flexibility index (Phi) is 4.16. The van der Waals surface area contributed by atoms with Crippen LogP contribution in [0.1, 0.15) is 15.9 Å². The molecular formula is C19H14O5. The Bertz CT molecular complexity index is 930. The van der Waals surface area contributed by atoms with Crippen LogP contribution < -0.4 is 4.74 Å². The summed E-state index contributed by atoms with van der Waals surface area (Å²) in [4.78, 5) is 22.6. The fourth-order valence-electron chi connectivity index (χ4n) is 2.54. The SMILES string of the molecule is O=C(O)Cc1ccccc1Oc1c(C(=O)O)ccc2ccccc12. The van der Waals surface area contributed by atoms with Gasteiger partial charge in [-0.3, -0.25) is 4.79 Å². The number of ether oxygens (including phenoxy) is 1. The average molecular weight is 322 g/mol. The molecule has 0 fully saturated rings. The standard InChI is InChI=1S/C19H14O5/c20-17(21)11-13-6-2-4-8-16(13)24-18-14-7-3-1-5-12(14)9-10-15(18)19(22)23/h1-10H,11H2,(H,20,21)(H,22,23). The lowest BCUT2D eigenvalue weighted by atomic mass is 10.0. The van der Waals surface area contributed by atoms with Crippen molar-refractivity contribution in [2.45, 2.75) is 6.42 Å².